The molecule has 0 radical (unpaired) electrons. The molecule has 1 amide bonds. The number of hydrogen-bond acceptors (Lipinski definition) is 2. The molecule has 0 aliphatic heterocycles. The number of carbonyl (C=O) groups is 2. The summed E-state index contributed by atoms with van der Waals surface area (Å²) in [5.74, 6) is -1.15. The van der Waals surface area contributed by atoms with Crippen LogP contribution in [0.1, 0.15) is 15.9 Å². The van der Waals surface area contributed by atoms with E-state index >= 15 is 0 Å². The first kappa shape index (κ1) is 13.6. The van der Waals surface area contributed by atoms with Crippen LogP contribution in [0, 0.1) is 0 Å². The first-order valence-corrected chi connectivity index (χ1v) is 5.96. The van der Waals surface area contributed by atoms with Crippen LogP contribution in [0.2, 0.25) is 0 Å². The van der Waals surface area contributed by atoms with Crippen LogP contribution in [-0.2, 0) is 6.54 Å². The van der Waals surface area contributed by atoms with Crippen molar-refractivity contribution in [2.45, 2.75) is 6.54 Å². The lowest BCUT2D eigenvalue weighted by molar-refractivity contribution is 0.0697. The van der Waals surface area contributed by atoms with Crippen molar-refractivity contribution in [1.29, 1.82) is 0 Å². The predicted molar refractivity (Wildman–Crippen MR) is 74.1 cm³/mol. The van der Waals surface area contributed by atoms with Crippen molar-refractivity contribution in [1.82, 2.24) is 0 Å². The third kappa shape index (κ3) is 2.95. The molecule has 0 fully saturated rings. The van der Waals surface area contributed by atoms with Gasteiger partial charge in [0.15, 0.2) is 0 Å². The van der Waals surface area contributed by atoms with Gasteiger partial charge in [-0.3, -0.25) is 4.90 Å². The van der Waals surface area contributed by atoms with Crippen molar-refractivity contribution in [2.24, 2.45) is 0 Å². The Labute approximate surface area is 115 Å². The Bertz CT molecular complexity index is 625. The largest absolute Gasteiger partial charge is 0.478 e. The summed E-state index contributed by atoms with van der Waals surface area (Å²) in [7, 11) is 0. The summed E-state index contributed by atoms with van der Waals surface area (Å²) in [4.78, 5) is 23.6. The monoisotopic (exact) mass is 271 g/mol. The molecule has 0 atom stereocenters. The van der Waals surface area contributed by atoms with Crippen LogP contribution in [-0.4, -0.2) is 22.3 Å². The van der Waals surface area contributed by atoms with Crippen molar-refractivity contribution in [3.63, 3.8) is 0 Å². The van der Waals surface area contributed by atoms with Gasteiger partial charge in [0.2, 0.25) is 0 Å². The molecule has 2 aromatic carbocycles. The zero-order chi connectivity index (χ0) is 14.5. The summed E-state index contributed by atoms with van der Waals surface area (Å²) in [6, 6.07) is 15.1. The highest BCUT2D eigenvalue weighted by Crippen LogP contribution is 2.22. The summed E-state index contributed by atoms with van der Waals surface area (Å²) in [5, 5.41) is 18.5. The molecule has 0 unspecified atom stereocenters. The summed E-state index contributed by atoms with van der Waals surface area (Å²) >= 11 is 0. The summed E-state index contributed by atoms with van der Waals surface area (Å²) in [6.07, 6.45) is -1.19. The Morgan fingerprint density at radius 2 is 1.50 bits per heavy atom. The first-order valence-electron chi connectivity index (χ1n) is 5.96. The number of carboxylic acid groups (broad SMARTS) is 2. The average Bonchev–Trinajstić information content (AvgIpc) is 2.45. The number of carboxylic acids is 1. The third-order valence-electron chi connectivity index (χ3n) is 2.84. The quantitative estimate of drug-likeness (QED) is 0.895. The second kappa shape index (κ2) is 5.88. The minimum Gasteiger partial charge on any atom is -0.478 e. The standard InChI is InChI=1S/C15H13NO4/c17-14(18)12-8-4-5-9-13(12)16(15(19)20)10-11-6-2-1-3-7-11/h1-9H,10H2,(H,17,18)(H,19,20). The van der Waals surface area contributed by atoms with Gasteiger partial charge in [0, 0.05) is 0 Å². The minimum absolute atomic E-state index is 0.0363. The number of para-hydroxylation sites is 1. The highest BCUT2D eigenvalue weighted by Gasteiger charge is 2.20. The van der Waals surface area contributed by atoms with Gasteiger partial charge in [-0.15, -0.1) is 0 Å². The van der Waals surface area contributed by atoms with Crippen molar-refractivity contribution < 1.29 is 19.8 Å². The lowest BCUT2D eigenvalue weighted by Gasteiger charge is -2.21. The Morgan fingerprint density at radius 3 is 2.10 bits per heavy atom. The second-order valence-corrected chi connectivity index (χ2v) is 4.18. The van der Waals surface area contributed by atoms with Crippen LogP contribution in [0.5, 0.6) is 0 Å². The molecule has 0 saturated heterocycles. The van der Waals surface area contributed by atoms with E-state index in [-0.39, 0.29) is 17.8 Å². The molecule has 0 bridgehead atoms. The molecule has 0 heterocycles. The van der Waals surface area contributed by atoms with Crippen LogP contribution in [0.25, 0.3) is 0 Å². The molecule has 0 aliphatic carbocycles. The molecule has 0 aliphatic rings. The van der Waals surface area contributed by atoms with E-state index in [1.165, 1.54) is 12.1 Å². The van der Waals surface area contributed by atoms with Crippen molar-refractivity contribution in [2.75, 3.05) is 4.90 Å². The van der Waals surface area contributed by atoms with E-state index in [1.807, 2.05) is 6.07 Å². The summed E-state index contributed by atoms with van der Waals surface area (Å²) in [5.41, 5.74) is 0.914. The molecule has 102 valence electrons. The molecular weight excluding hydrogens is 258 g/mol. The van der Waals surface area contributed by atoms with E-state index in [4.69, 9.17) is 5.11 Å². The maximum atomic E-state index is 11.4. The van der Waals surface area contributed by atoms with E-state index in [2.05, 4.69) is 0 Å². The van der Waals surface area contributed by atoms with E-state index in [0.29, 0.717) is 0 Å². The van der Waals surface area contributed by atoms with Gasteiger partial charge in [-0.05, 0) is 17.7 Å². The van der Waals surface area contributed by atoms with Crippen LogP contribution < -0.4 is 4.90 Å². The number of aromatic carboxylic acids is 1. The van der Waals surface area contributed by atoms with Gasteiger partial charge in [-0.1, -0.05) is 42.5 Å². The van der Waals surface area contributed by atoms with Crippen LogP contribution >= 0.6 is 0 Å². The second-order valence-electron chi connectivity index (χ2n) is 4.18. The van der Waals surface area contributed by atoms with Crippen molar-refractivity contribution in [3.05, 3.63) is 65.7 Å². The van der Waals surface area contributed by atoms with Crippen LogP contribution in [0.15, 0.2) is 54.6 Å². The fourth-order valence-corrected chi connectivity index (χ4v) is 1.91. The van der Waals surface area contributed by atoms with Crippen molar-refractivity contribution in [3.8, 4) is 0 Å². The third-order valence-corrected chi connectivity index (χ3v) is 2.84. The Hall–Kier alpha value is -2.82. The smallest absolute Gasteiger partial charge is 0.412 e. The normalized spacial score (nSPS) is 10.0. The predicted octanol–water partition coefficient (Wildman–Crippen LogP) is 3.07. The molecule has 2 N–H and O–H groups in total. The number of nitrogens with zero attached hydrogens (tertiary/aromatic N) is 1. The van der Waals surface area contributed by atoms with E-state index in [1.54, 1.807) is 36.4 Å². The maximum Gasteiger partial charge on any atom is 0.412 e. The van der Waals surface area contributed by atoms with Crippen LogP contribution in [0.3, 0.4) is 0 Å². The molecule has 5 nitrogen and oxygen atoms in total. The average molecular weight is 271 g/mol. The molecule has 20 heavy (non-hydrogen) atoms. The first-order chi connectivity index (χ1) is 9.59. The van der Waals surface area contributed by atoms with E-state index in [9.17, 15) is 14.7 Å². The van der Waals surface area contributed by atoms with Gasteiger partial charge in [0.25, 0.3) is 0 Å². The zero-order valence-corrected chi connectivity index (χ0v) is 10.6. The highest BCUT2D eigenvalue weighted by atomic mass is 16.4. The van der Waals surface area contributed by atoms with E-state index < -0.39 is 12.1 Å². The topological polar surface area (TPSA) is 77.8 Å². The molecule has 2 rings (SSSR count). The fourth-order valence-electron chi connectivity index (χ4n) is 1.91. The SMILES string of the molecule is O=C(O)c1ccccc1N(Cc1ccccc1)C(=O)O. The van der Waals surface area contributed by atoms with Crippen LogP contribution in [0.4, 0.5) is 10.5 Å². The Kier molecular flexibility index (Phi) is 4.00. The molecular formula is C15H13NO4. The lowest BCUT2D eigenvalue weighted by Crippen LogP contribution is -2.30. The minimum atomic E-state index is -1.19. The van der Waals surface area contributed by atoms with Gasteiger partial charge in [0.1, 0.15) is 0 Å². The molecule has 0 aromatic heterocycles. The fraction of sp³-hybridized carbons (Fsp3) is 0.0667. The van der Waals surface area contributed by atoms with E-state index in [0.717, 1.165) is 10.5 Å². The molecule has 5 heteroatoms. The number of anilines is 1. The number of benzene rings is 2. The van der Waals surface area contributed by atoms with Crippen molar-refractivity contribution >= 4 is 17.7 Å². The number of amides is 1. The Morgan fingerprint density at radius 1 is 0.900 bits per heavy atom. The summed E-state index contributed by atoms with van der Waals surface area (Å²) in [6.45, 7) is 0.0977. The molecule has 0 saturated carbocycles. The van der Waals surface area contributed by atoms with Gasteiger partial charge >= 0.3 is 12.1 Å². The van der Waals surface area contributed by atoms with Gasteiger partial charge < -0.3 is 10.2 Å². The Balaban J connectivity index is 2.39. The molecule has 0 spiro atoms. The van der Waals surface area contributed by atoms with Gasteiger partial charge in [-0.2, -0.15) is 0 Å². The zero-order valence-electron chi connectivity index (χ0n) is 10.6. The summed E-state index contributed by atoms with van der Waals surface area (Å²) < 4.78 is 0. The maximum absolute atomic E-state index is 11.4. The van der Waals surface area contributed by atoms with Gasteiger partial charge in [-0.25, -0.2) is 9.59 Å². The number of hydrogen-bond donors (Lipinski definition) is 2. The van der Waals surface area contributed by atoms with Gasteiger partial charge in [0.05, 0.1) is 17.8 Å². The molecule has 2 aromatic rings. The lowest BCUT2D eigenvalue weighted by atomic mass is 10.1. The number of rotatable bonds is 4. The highest BCUT2D eigenvalue weighted by molar-refractivity contribution is 5.99.